The molecule has 0 bridgehead atoms. The van der Waals surface area contributed by atoms with Gasteiger partial charge in [0.2, 0.25) is 6.10 Å². The van der Waals surface area contributed by atoms with Gasteiger partial charge >= 0.3 is 0 Å². The Kier molecular flexibility index (Phi) is 3.62. The predicted molar refractivity (Wildman–Crippen MR) is 79.0 cm³/mol. The monoisotopic (exact) mass is 302 g/mol. The molecule has 0 radical (unpaired) electrons. The molecule has 1 aromatic heterocycles. The smallest absolute Gasteiger partial charge is 0.269 e. The van der Waals surface area contributed by atoms with Crippen LogP contribution < -0.4 is 5.32 Å². The maximum absolute atomic E-state index is 12.9. The lowest BCUT2D eigenvalue weighted by Crippen LogP contribution is -2.28. The second-order valence-corrected chi connectivity index (χ2v) is 5.13. The molecule has 1 atom stereocenters. The minimum atomic E-state index is -0.699. The molecule has 7 heteroatoms. The Hall–Kier alpha value is -2.70. The molecule has 3 rings (SSSR count). The third kappa shape index (κ3) is 2.83. The third-order valence-corrected chi connectivity index (χ3v) is 3.39. The first-order chi connectivity index (χ1) is 10.5. The van der Waals surface area contributed by atoms with E-state index in [0.29, 0.717) is 18.0 Å². The van der Waals surface area contributed by atoms with E-state index in [1.165, 1.54) is 12.1 Å². The number of anilines is 1. The van der Waals surface area contributed by atoms with E-state index in [2.05, 4.69) is 15.6 Å². The molecule has 0 fully saturated rings. The zero-order chi connectivity index (χ0) is 15.7. The largest absolute Gasteiger partial charge is 0.382 e. The summed E-state index contributed by atoms with van der Waals surface area (Å²) in [6, 6.07) is 7.70. The van der Waals surface area contributed by atoms with Crippen molar-refractivity contribution in [2.75, 3.05) is 5.32 Å². The van der Waals surface area contributed by atoms with Crippen molar-refractivity contribution in [1.82, 2.24) is 9.78 Å². The van der Waals surface area contributed by atoms with E-state index >= 15 is 0 Å². The van der Waals surface area contributed by atoms with Crippen LogP contribution in [0.5, 0.6) is 0 Å². The standard InChI is InChI=1S/C15H15FN4O2/c1-9-7-14(20(2)18-9)17-15(21)13-8-12(19-22-13)10-3-5-11(16)6-4-10/h3-7,13H,8H2,1-2H3,(H,17,21). The zero-order valence-corrected chi connectivity index (χ0v) is 12.2. The van der Waals surface area contributed by atoms with Crippen LogP contribution in [0.25, 0.3) is 0 Å². The van der Waals surface area contributed by atoms with E-state index in [4.69, 9.17) is 4.84 Å². The molecule has 0 saturated carbocycles. The highest BCUT2D eigenvalue weighted by Gasteiger charge is 2.29. The number of rotatable bonds is 3. The van der Waals surface area contributed by atoms with Crippen LogP contribution in [-0.2, 0) is 16.7 Å². The average molecular weight is 302 g/mol. The number of aromatic nitrogens is 2. The summed E-state index contributed by atoms with van der Waals surface area (Å²) in [5.74, 6) is -0.00525. The predicted octanol–water partition coefficient (Wildman–Crippen LogP) is 2.00. The number of nitrogens with one attached hydrogen (secondary N) is 1. The molecule has 114 valence electrons. The molecule has 0 aliphatic carbocycles. The fourth-order valence-corrected chi connectivity index (χ4v) is 2.27. The number of hydrogen-bond acceptors (Lipinski definition) is 4. The topological polar surface area (TPSA) is 68.5 Å². The number of carbonyl (C=O) groups excluding carboxylic acids is 1. The molecule has 1 N–H and O–H groups in total. The first-order valence-corrected chi connectivity index (χ1v) is 6.83. The van der Waals surface area contributed by atoms with Gasteiger partial charge in [0.25, 0.3) is 5.91 Å². The Bertz CT molecular complexity index is 737. The summed E-state index contributed by atoms with van der Waals surface area (Å²) < 4.78 is 14.5. The van der Waals surface area contributed by atoms with Gasteiger partial charge in [0.05, 0.1) is 11.4 Å². The van der Waals surface area contributed by atoms with Gasteiger partial charge in [-0.15, -0.1) is 0 Å². The SMILES string of the molecule is Cc1cc(NC(=O)C2CC(c3ccc(F)cc3)=NO2)n(C)n1. The minimum absolute atomic E-state index is 0.288. The molecular formula is C15H15FN4O2. The summed E-state index contributed by atoms with van der Waals surface area (Å²) in [4.78, 5) is 17.4. The van der Waals surface area contributed by atoms with Crippen molar-refractivity contribution in [3.05, 3.63) is 47.4 Å². The van der Waals surface area contributed by atoms with Crippen LogP contribution in [0, 0.1) is 12.7 Å². The van der Waals surface area contributed by atoms with Gasteiger partial charge in [-0.05, 0) is 24.6 Å². The lowest BCUT2D eigenvalue weighted by molar-refractivity contribution is -0.125. The quantitative estimate of drug-likeness (QED) is 0.943. The molecule has 1 amide bonds. The summed E-state index contributed by atoms with van der Waals surface area (Å²) in [6.07, 6.45) is -0.357. The first kappa shape index (κ1) is 14.2. The summed E-state index contributed by atoms with van der Waals surface area (Å²) in [5.41, 5.74) is 2.18. The van der Waals surface area contributed by atoms with E-state index in [-0.39, 0.29) is 11.7 Å². The van der Waals surface area contributed by atoms with Crippen molar-refractivity contribution in [2.45, 2.75) is 19.4 Å². The van der Waals surface area contributed by atoms with Gasteiger partial charge in [0.1, 0.15) is 11.6 Å². The first-order valence-electron chi connectivity index (χ1n) is 6.83. The highest BCUT2D eigenvalue weighted by molar-refractivity contribution is 6.05. The van der Waals surface area contributed by atoms with Crippen LogP contribution in [-0.4, -0.2) is 27.5 Å². The highest BCUT2D eigenvalue weighted by Crippen LogP contribution is 2.19. The normalized spacial score (nSPS) is 17.0. The molecule has 0 spiro atoms. The fraction of sp³-hybridized carbons (Fsp3) is 0.267. The molecule has 22 heavy (non-hydrogen) atoms. The molecule has 1 aliphatic rings. The highest BCUT2D eigenvalue weighted by atomic mass is 19.1. The molecule has 1 aliphatic heterocycles. The van der Waals surface area contributed by atoms with Crippen LogP contribution in [0.15, 0.2) is 35.5 Å². The van der Waals surface area contributed by atoms with Gasteiger partial charge in [0.15, 0.2) is 0 Å². The van der Waals surface area contributed by atoms with Crippen molar-refractivity contribution in [3.8, 4) is 0 Å². The van der Waals surface area contributed by atoms with E-state index in [0.717, 1.165) is 11.3 Å². The Labute approximate surface area is 126 Å². The number of nitrogens with zero attached hydrogens (tertiary/aromatic N) is 3. The number of carbonyl (C=O) groups is 1. The van der Waals surface area contributed by atoms with Crippen LogP contribution >= 0.6 is 0 Å². The molecule has 1 aromatic carbocycles. The van der Waals surface area contributed by atoms with Crippen LogP contribution in [0.3, 0.4) is 0 Å². The maximum atomic E-state index is 12.9. The fourth-order valence-electron chi connectivity index (χ4n) is 2.27. The van der Waals surface area contributed by atoms with E-state index < -0.39 is 6.10 Å². The molecule has 1 unspecified atom stereocenters. The van der Waals surface area contributed by atoms with Gasteiger partial charge in [-0.25, -0.2) is 4.39 Å². The van der Waals surface area contributed by atoms with Gasteiger partial charge in [-0.2, -0.15) is 5.10 Å². The summed E-state index contributed by atoms with van der Waals surface area (Å²) in [5, 5.41) is 10.8. The van der Waals surface area contributed by atoms with Crippen molar-refractivity contribution >= 4 is 17.4 Å². The Morgan fingerprint density at radius 3 is 2.77 bits per heavy atom. The second kappa shape index (κ2) is 5.59. The van der Waals surface area contributed by atoms with Gasteiger partial charge in [-0.3, -0.25) is 9.48 Å². The van der Waals surface area contributed by atoms with Gasteiger partial charge < -0.3 is 10.2 Å². The van der Waals surface area contributed by atoms with Crippen LogP contribution in [0.4, 0.5) is 10.2 Å². The lowest BCUT2D eigenvalue weighted by atomic mass is 10.0. The van der Waals surface area contributed by atoms with E-state index in [1.54, 1.807) is 29.9 Å². The molecule has 2 aromatic rings. The van der Waals surface area contributed by atoms with Crippen LogP contribution in [0.2, 0.25) is 0 Å². The van der Waals surface area contributed by atoms with Crippen LogP contribution in [0.1, 0.15) is 17.7 Å². The summed E-state index contributed by atoms with van der Waals surface area (Å²) in [6.45, 7) is 1.84. The molecule has 0 saturated heterocycles. The zero-order valence-electron chi connectivity index (χ0n) is 12.2. The number of oxime groups is 1. The van der Waals surface area contributed by atoms with E-state index in [9.17, 15) is 9.18 Å². The van der Waals surface area contributed by atoms with Gasteiger partial charge in [-0.1, -0.05) is 17.3 Å². The lowest BCUT2D eigenvalue weighted by Gasteiger charge is -2.09. The number of halogens is 1. The number of aryl methyl sites for hydroxylation is 2. The molecular weight excluding hydrogens is 287 g/mol. The Balaban J connectivity index is 1.65. The average Bonchev–Trinajstić information content (AvgIpc) is 3.07. The number of amides is 1. The summed E-state index contributed by atoms with van der Waals surface area (Å²) >= 11 is 0. The van der Waals surface area contributed by atoms with Crippen molar-refractivity contribution in [1.29, 1.82) is 0 Å². The van der Waals surface area contributed by atoms with Crippen molar-refractivity contribution in [2.24, 2.45) is 12.2 Å². The van der Waals surface area contributed by atoms with Gasteiger partial charge in [0, 0.05) is 19.5 Å². The van der Waals surface area contributed by atoms with Crippen molar-refractivity contribution < 1.29 is 14.0 Å². The maximum Gasteiger partial charge on any atom is 0.269 e. The number of hydrogen-bond donors (Lipinski definition) is 1. The summed E-state index contributed by atoms with van der Waals surface area (Å²) in [7, 11) is 1.75. The Morgan fingerprint density at radius 1 is 1.41 bits per heavy atom. The minimum Gasteiger partial charge on any atom is -0.382 e. The third-order valence-electron chi connectivity index (χ3n) is 3.39. The van der Waals surface area contributed by atoms with E-state index in [1.807, 2.05) is 6.92 Å². The molecule has 2 heterocycles. The molecule has 6 nitrogen and oxygen atoms in total. The number of benzene rings is 1. The van der Waals surface area contributed by atoms with Crippen molar-refractivity contribution in [3.63, 3.8) is 0 Å². The second-order valence-electron chi connectivity index (χ2n) is 5.13. The Morgan fingerprint density at radius 2 is 2.14 bits per heavy atom.